The highest BCUT2D eigenvalue weighted by Crippen LogP contribution is 2.37. The van der Waals surface area contributed by atoms with Gasteiger partial charge in [0, 0.05) is 17.8 Å². The van der Waals surface area contributed by atoms with E-state index in [0.717, 1.165) is 5.69 Å². The van der Waals surface area contributed by atoms with Crippen LogP contribution in [0.2, 0.25) is 0 Å². The summed E-state index contributed by atoms with van der Waals surface area (Å²) in [4.78, 5) is 19.1. The van der Waals surface area contributed by atoms with Crippen molar-refractivity contribution in [3.8, 4) is 17.2 Å². The monoisotopic (exact) mass is 372 g/mol. The van der Waals surface area contributed by atoms with E-state index in [4.69, 9.17) is 19.0 Å². The number of rotatable bonds is 9. The van der Waals surface area contributed by atoms with Gasteiger partial charge in [0.25, 0.3) is 5.91 Å². The molecule has 0 N–H and O–H groups in total. The molecular formula is C20H24N2O5. The first-order valence-corrected chi connectivity index (χ1v) is 8.45. The molecule has 0 aliphatic rings. The van der Waals surface area contributed by atoms with E-state index in [-0.39, 0.29) is 12.5 Å². The number of nitrogens with zero attached hydrogens (tertiary/aromatic N) is 2. The third-order valence-corrected chi connectivity index (χ3v) is 3.84. The quantitative estimate of drug-likeness (QED) is 0.500. The Kier molecular flexibility index (Phi) is 7.49. The van der Waals surface area contributed by atoms with E-state index in [0.29, 0.717) is 29.4 Å². The molecule has 7 nitrogen and oxygen atoms in total. The van der Waals surface area contributed by atoms with Crippen LogP contribution >= 0.6 is 0 Å². The molecule has 0 radical (unpaired) electrons. The Balaban J connectivity index is 2.02. The number of likely N-dealkylation sites (N-methyl/N-ethyl adjacent to an activating group) is 1. The van der Waals surface area contributed by atoms with E-state index in [1.54, 1.807) is 17.0 Å². The zero-order valence-corrected chi connectivity index (χ0v) is 16.0. The minimum absolute atomic E-state index is 0.163. The highest BCUT2D eigenvalue weighted by Gasteiger charge is 2.14. The van der Waals surface area contributed by atoms with Crippen LogP contribution < -0.4 is 19.1 Å². The van der Waals surface area contributed by atoms with Gasteiger partial charge in [0.1, 0.15) is 0 Å². The van der Waals surface area contributed by atoms with Gasteiger partial charge in [-0.25, -0.2) is 0 Å². The van der Waals surface area contributed by atoms with Crippen LogP contribution in [0.3, 0.4) is 0 Å². The second-order valence-corrected chi connectivity index (χ2v) is 5.44. The van der Waals surface area contributed by atoms with Gasteiger partial charge in [0.05, 0.1) is 27.5 Å². The second kappa shape index (κ2) is 10.1. The Morgan fingerprint density at radius 3 is 2.19 bits per heavy atom. The van der Waals surface area contributed by atoms with Gasteiger partial charge in [0.15, 0.2) is 18.1 Å². The van der Waals surface area contributed by atoms with Gasteiger partial charge in [-0.2, -0.15) is 0 Å². The van der Waals surface area contributed by atoms with Crippen LogP contribution in [-0.2, 0) is 9.63 Å². The highest BCUT2D eigenvalue weighted by atomic mass is 16.6. The summed E-state index contributed by atoms with van der Waals surface area (Å²) in [5, 5.41) is 3.87. The number of hydrogen-bond acceptors (Lipinski definition) is 6. The molecule has 0 unspecified atom stereocenters. The van der Waals surface area contributed by atoms with Crippen molar-refractivity contribution in [2.75, 3.05) is 39.4 Å². The third kappa shape index (κ3) is 5.13. The molecule has 0 aromatic heterocycles. The summed E-state index contributed by atoms with van der Waals surface area (Å²) in [7, 11) is 4.61. The molecule has 0 saturated heterocycles. The van der Waals surface area contributed by atoms with E-state index >= 15 is 0 Å². The zero-order valence-electron chi connectivity index (χ0n) is 16.0. The van der Waals surface area contributed by atoms with Gasteiger partial charge in [-0.05, 0) is 31.2 Å². The van der Waals surface area contributed by atoms with E-state index < -0.39 is 0 Å². The van der Waals surface area contributed by atoms with Gasteiger partial charge < -0.3 is 23.9 Å². The van der Waals surface area contributed by atoms with Crippen molar-refractivity contribution in [2.45, 2.75) is 6.92 Å². The molecule has 0 fully saturated rings. The lowest BCUT2D eigenvalue weighted by atomic mass is 10.2. The number of benzene rings is 2. The summed E-state index contributed by atoms with van der Waals surface area (Å²) in [5.74, 6) is 1.34. The summed E-state index contributed by atoms with van der Waals surface area (Å²) < 4.78 is 15.9. The maximum Gasteiger partial charge on any atom is 0.267 e. The van der Waals surface area contributed by atoms with Crippen LogP contribution in [0.1, 0.15) is 12.5 Å². The van der Waals surface area contributed by atoms with Crippen LogP contribution in [0, 0.1) is 0 Å². The molecule has 2 aromatic rings. The molecular weight excluding hydrogens is 348 g/mol. The van der Waals surface area contributed by atoms with Crippen molar-refractivity contribution in [1.29, 1.82) is 0 Å². The average Bonchev–Trinajstić information content (AvgIpc) is 2.71. The van der Waals surface area contributed by atoms with E-state index in [2.05, 4.69) is 5.16 Å². The maximum absolute atomic E-state index is 12.3. The number of anilines is 1. The zero-order chi connectivity index (χ0) is 19.6. The number of para-hydroxylation sites is 1. The topological polar surface area (TPSA) is 69.6 Å². The Morgan fingerprint density at radius 1 is 1.04 bits per heavy atom. The summed E-state index contributed by atoms with van der Waals surface area (Å²) in [6, 6.07) is 12.9. The molecule has 144 valence electrons. The number of hydrogen-bond donors (Lipinski definition) is 0. The SMILES string of the molecule is CCN(C(=O)CO/N=C\c1cc(OC)c(OC)c(OC)c1)c1ccccc1. The fraction of sp³-hybridized carbons (Fsp3) is 0.300. The lowest BCUT2D eigenvalue weighted by Gasteiger charge is -2.20. The molecule has 0 spiro atoms. The number of ether oxygens (including phenoxy) is 3. The first kappa shape index (κ1) is 20.1. The van der Waals surface area contributed by atoms with Gasteiger partial charge in [-0.1, -0.05) is 23.4 Å². The number of amides is 1. The van der Waals surface area contributed by atoms with Crippen molar-refractivity contribution >= 4 is 17.8 Å². The molecule has 0 bridgehead atoms. The molecule has 2 rings (SSSR count). The first-order chi connectivity index (χ1) is 13.1. The molecule has 0 heterocycles. The predicted octanol–water partition coefficient (Wildman–Crippen LogP) is 3.12. The predicted molar refractivity (Wildman–Crippen MR) is 104 cm³/mol. The van der Waals surface area contributed by atoms with Crippen LogP contribution in [0.4, 0.5) is 5.69 Å². The summed E-state index contributed by atoms with van der Waals surface area (Å²) in [6.07, 6.45) is 1.48. The lowest BCUT2D eigenvalue weighted by Crippen LogP contribution is -2.33. The summed E-state index contributed by atoms with van der Waals surface area (Å²) in [6.45, 7) is 2.29. The van der Waals surface area contributed by atoms with Gasteiger partial charge in [-0.3, -0.25) is 4.79 Å². The largest absolute Gasteiger partial charge is 0.493 e. The second-order valence-electron chi connectivity index (χ2n) is 5.44. The Bertz CT molecular complexity index is 752. The molecule has 0 aliphatic carbocycles. The molecule has 0 atom stereocenters. The van der Waals surface area contributed by atoms with Crippen LogP contribution in [-0.4, -0.2) is 46.6 Å². The molecule has 7 heteroatoms. The number of carbonyl (C=O) groups excluding carboxylic acids is 1. The van der Waals surface area contributed by atoms with Crippen molar-refractivity contribution in [2.24, 2.45) is 5.16 Å². The lowest BCUT2D eigenvalue weighted by molar-refractivity contribution is -0.123. The molecule has 0 aliphatic heterocycles. The number of carbonyl (C=O) groups is 1. The van der Waals surface area contributed by atoms with Gasteiger partial charge in [0.2, 0.25) is 5.75 Å². The fourth-order valence-electron chi connectivity index (χ4n) is 2.56. The highest BCUT2D eigenvalue weighted by molar-refractivity contribution is 5.94. The summed E-state index contributed by atoms with van der Waals surface area (Å²) in [5.41, 5.74) is 1.51. The van der Waals surface area contributed by atoms with Crippen molar-refractivity contribution in [3.63, 3.8) is 0 Å². The van der Waals surface area contributed by atoms with E-state index in [1.807, 2.05) is 37.3 Å². The summed E-state index contributed by atoms with van der Waals surface area (Å²) >= 11 is 0. The van der Waals surface area contributed by atoms with E-state index in [9.17, 15) is 4.79 Å². The smallest absolute Gasteiger partial charge is 0.267 e. The molecule has 1 amide bonds. The maximum atomic E-state index is 12.3. The van der Waals surface area contributed by atoms with Crippen molar-refractivity contribution in [3.05, 3.63) is 48.0 Å². The molecule has 0 saturated carbocycles. The van der Waals surface area contributed by atoms with E-state index in [1.165, 1.54) is 27.5 Å². The third-order valence-electron chi connectivity index (χ3n) is 3.84. The minimum atomic E-state index is -0.175. The van der Waals surface area contributed by atoms with Gasteiger partial charge in [-0.15, -0.1) is 0 Å². The van der Waals surface area contributed by atoms with Crippen LogP contribution in [0.15, 0.2) is 47.6 Å². The fourth-order valence-corrected chi connectivity index (χ4v) is 2.56. The van der Waals surface area contributed by atoms with Crippen molar-refractivity contribution in [1.82, 2.24) is 0 Å². The Labute approximate surface area is 159 Å². The molecule has 2 aromatic carbocycles. The Morgan fingerprint density at radius 2 is 1.67 bits per heavy atom. The first-order valence-electron chi connectivity index (χ1n) is 8.45. The number of methoxy groups -OCH3 is 3. The number of oxime groups is 1. The van der Waals surface area contributed by atoms with Gasteiger partial charge >= 0.3 is 0 Å². The van der Waals surface area contributed by atoms with Crippen LogP contribution in [0.25, 0.3) is 0 Å². The normalized spacial score (nSPS) is 10.5. The van der Waals surface area contributed by atoms with Crippen molar-refractivity contribution < 1.29 is 23.8 Å². The Hall–Kier alpha value is -3.22. The minimum Gasteiger partial charge on any atom is -0.493 e. The molecule has 27 heavy (non-hydrogen) atoms. The standard InChI is InChI=1S/C20H24N2O5/c1-5-22(16-9-7-6-8-10-16)19(23)14-27-21-13-15-11-17(24-2)20(26-4)18(12-15)25-3/h6-13H,5,14H2,1-4H3/b21-13-. The van der Waals surface area contributed by atoms with Crippen LogP contribution in [0.5, 0.6) is 17.2 Å². The average molecular weight is 372 g/mol.